The molecule has 3 amide bonds. The van der Waals surface area contributed by atoms with Crippen molar-refractivity contribution in [1.82, 2.24) is 9.80 Å². The van der Waals surface area contributed by atoms with Crippen LogP contribution in [0.3, 0.4) is 0 Å². The zero-order valence-corrected chi connectivity index (χ0v) is 18.9. The Morgan fingerprint density at radius 2 is 1.85 bits per heavy atom. The summed E-state index contributed by atoms with van der Waals surface area (Å²) in [5.74, 6) is -3.00. The molecule has 0 saturated carbocycles. The van der Waals surface area contributed by atoms with Gasteiger partial charge >= 0.3 is 0 Å². The third kappa shape index (κ3) is 4.94. The molecule has 0 atom stereocenters. The number of carbonyl (C=O) groups is 3. The maximum Gasteiger partial charge on any atom is 0.254 e. The molecule has 34 heavy (non-hydrogen) atoms. The van der Waals surface area contributed by atoms with E-state index in [0.29, 0.717) is 28.1 Å². The first kappa shape index (κ1) is 23.4. The van der Waals surface area contributed by atoms with E-state index in [-0.39, 0.29) is 31.2 Å². The van der Waals surface area contributed by atoms with Crippen molar-refractivity contribution in [3.63, 3.8) is 0 Å². The van der Waals surface area contributed by atoms with Crippen molar-refractivity contribution < 1.29 is 27.6 Å². The lowest BCUT2D eigenvalue weighted by atomic mass is 10.1. The molecule has 1 aromatic heterocycles. The smallest absolute Gasteiger partial charge is 0.254 e. The van der Waals surface area contributed by atoms with Gasteiger partial charge in [-0.05, 0) is 48.9 Å². The fourth-order valence-corrected chi connectivity index (χ4v) is 3.90. The van der Waals surface area contributed by atoms with Gasteiger partial charge < -0.3 is 14.2 Å². The lowest BCUT2D eigenvalue weighted by Gasteiger charge is -2.25. The molecule has 3 aromatic rings. The number of benzene rings is 2. The highest BCUT2D eigenvalue weighted by Gasteiger charge is 2.34. The van der Waals surface area contributed by atoms with E-state index in [9.17, 15) is 23.2 Å². The zero-order valence-electron chi connectivity index (χ0n) is 18.1. The van der Waals surface area contributed by atoms with Gasteiger partial charge in [-0.25, -0.2) is 8.78 Å². The lowest BCUT2D eigenvalue weighted by Crippen LogP contribution is -2.42. The number of halogens is 3. The number of hydrogen-bond acceptors (Lipinski definition) is 4. The molecule has 0 spiro atoms. The molecule has 0 N–H and O–H groups in total. The van der Waals surface area contributed by atoms with Gasteiger partial charge in [0.05, 0.1) is 12.8 Å². The number of furan rings is 1. The van der Waals surface area contributed by atoms with Crippen molar-refractivity contribution in [2.24, 2.45) is 0 Å². The van der Waals surface area contributed by atoms with Gasteiger partial charge in [-0.15, -0.1) is 0 Å². The molecule has 0 aliphatic carbocycles. The van der Waals surface area contributed by atoms with E-state index in [2.05, 4.69) is 0 Å². The van der Waals surface area contributed by atoms with Gasteiger partial charge in [-0.3, -0.25) is 19.3 Å². The van der Waals surface area contributed by atoms with Gasteiger partial charge in [0.25, 0.3) is 5.91 Å². The molecule has 2 aromatic carbocycles. The molecule has 1 fully saturated rings. The molecule has 7 nitrogen and oxygen atoms in total. The summed E-state index contributed by atoms with van der Waals surface area (Å²) in [6, 6.07) is 10.8. The summed E-state index contributed by atoms with van der Waals surface area (Å²) in [5.41, 5.74) is 1.05. The van der Waals surface area contributed by atoms with E-state index in [1.807, 2.05) is 0 Å². The van der Waals surface area contributed by atoms with Crippen molar-refractivity contribution in [2.75, 3.05) is 24.7 Å². The Kier molecular flexibility index (Phi) is 6.65. The quantitative estimate of drug-likeness (QED) is 0.527. The fraction of sp³-hybridized carbons (Fsp3) is 0.208. The van der Waals surface area contributed by atoms with E-state index < -0.39 is 30.0 Å². The average Bonchev–Trinajstić information content (AvgIpc) is 3.43. The van der Waals surface area contributed by atoms with E-state index >= 15 is 0 Å². The molecular weight excluding hydrogens is 468 g/mol. The second kappa shape index (κ2) is 9.64. The predicted octanol–water partition coefficient (Wildman–Crippen LogP) is 3.99. The standard InChI is InChI=1S/C24H20ClF2N3O4/c1-15-20(25)5-2-6-21(15)30-14-29(13-23(30)32)22(31)12-28(11-19-4-3-7-34-19)24(33)16-8-17(26)10-18(27)9-16/h2-10H,11-14H2,1H3. The minimum Gasteiger partial charge on any atom is -0.467 e. The highest BCUT2D eigenvalue weighted by atomic mass is 35.5. The monoisotopic (exact) mass is 487 g/mol. The highest BCUT2D eigenvalue weighted by molar-refractivity contribution is 6.31. The number of carbonyl (C=O) groups excluding carboxylic acids is 3. The summed E-state index contributed by atoms with van der Waals surface area (Å²) in [6.45, 7) is 1.05. The maximum atomic E-state index is 13.7. The van der Waals surface area contributed by atoms with Crippen LogP contribution in [-0.2, 0) is 16.1 Å². The van der Waals surface area contributed by atoms with Crippen LogP contribution in [0.5, 0.6) is 0 Å². The van der Waals surface area contributed by atoms with Gasteiger partial charge in [-0.1, -0.05) is 17.7 Å². The summed E-state index contributed by atoms with van der Waals surface area (Å²) in [6.07, 6.45) is 1.41. The van der Waals surface area contributed by atoms with Crippen molar-refractivity contribution in [3.8, 4) is 0 Å². The first-order valence-electron chi connectivity index (χ1n) is 10.3. The van der Waals surface area contributed by atoms with Crippen LogP contribution in [0, 0.1) is 18.6 Å². The van der Waals surface area contributed by atoms with Gasteiger partial charge in [-0.2, -0.15) is 0 Å². The number of anilines is 1. The third-order valence-corrected chi connectivity index (χ3v) is 5.88. The molecule has 0 bridgehead atoms. The Morgan fingerprint density at radius 1 is 1.12 bits per heavy atom. The molecule has 2 heterocycles. The second-order valence-electron chi connectivity index (χ2n) is 7.84. The number of nitrogens with zero attached hydrogens (tertiary/aromatic N) is 3. The summed E-state index contributed by atoms with van der Waals surface area (Å²) in [5, 5.41) is 0.493. The Bertz CT molecular complexity index is 1230. The Labute approximate surface area is 199 Å². The number of hydrogen-bond donors (Lipinski definition) is 0. The van der Waals surface area contributed by atoms with E-state index in [4.69, 9.17) is 16.0 Å². The fourth-order valence-electron chi connectivity index (χ4n) is 3.73. The molecule has 1 aliphatic rings. The minimum atomic E-state index is -0.912. The molecule has 4 rings (SSSR count). The molecule has 1 saturated heterocycles. The Morgan fingerprint density at radius 3 is 2.53 bits per heavy atom. The van der Waals surface area contributed by atoms with Crippen LogP contribution in [0.15, 0.2) is 59.2 Å². The highest BCUT2D eigenvalue weighted by Crippen LogP contribution is 2.29. The summed E-state index contributed by atoms with van der Waals surface area (Å²) in [4.78, 5) is 42.6. The summed E-state index contributed by atoms with van der Waals surface area (Å²) >= 11 is 6.17. The van der Waals surface area contributed by atoms with Crippen LogP contribution in [0.4, 0.5) is 14.5 Å². The molecular formula is C24H20ClF2N3O4. The third-order valence-electron chi connectivity index (χ3n) is 5.47. The van der Waals surface area contributed by atoms with Crippen LogP contribution in [0.1, 0.15) is 21.7 Å². The minimum absolute atomic E-state index is 0.0176. The van der Waals surface area contributed by atoms with Crippen LogP contribution >= 0.6 is 11.6 Å². The van der Waals surface area contributed by atoms with Crippen molar-refractivity contribution in [1.29, 1.82) is 0 Å². The maximum absolute atomic E-state index is 13.7. The first-order chi connectivity index (χ1) is 16.2. The van der Waals surface area contributed by atoms with E-state index in [1.54, 1.807) is 37.3 Å². The average molecular weight is 488 g/mol. The normalized spacial score (nSPS) is 13.5. The topological polar surface area (TPSA) is 74.1 Å². The molecule has 176 valence electrons. The molecule has 10 heteroatoms. The lowest BCUT2D eigenvalue weighted by molar-refractivity contribution is -0.132. The summed E-state index contributed by atoms with van der Waals surface area (Å²) in [7, 11) is 0. The zero-order chi connectivity index (χ0) is 24.4. The Balaban J connectivity index is 1.54. The largest absolute Gasteiger partial charge is 0.467 e. The molecule has 1 aliphatic heterocycles. The summed E-state index contributed by atoms with van der Waals surface area (Å²) < 4.78 is 32.7. The SMILES string of the molecule is Cc1c(Cl)cccc1N1CN(C(=O)CN(Cc2ccco2)C(=O)c2cc(F)cc(F)c2)CC1=O. The van der Waals surface area contributed by atoms with E-state index in [1.165, 1.54) is 16.1 Å². The van der Waals surface area contributed by atoms with E-state index in [0.717, 1.165) is 17.0 Å². The van der Waals surface area contributed by atoms with Crippen molar-refractivity contribution in [3.05, 3.63) is 88.3 Å². The van der Waals surface area contributed by atoms with Crippen LogP contribution in [0.25, 0.3) is 0 Å². The van der Waals surface area contributed by atoms with Crippen molar-refractivity contribution in [2.45, 2.75) is 13.5 Å². The Hall–Kier alpha value is -3.72. The molecule has 0 radical (unpaired) electrons. The van der Waals surface area contributed by atoms with Crippen LogP contribution in [0.2, 0.25) is 5.02 Å². The van der Waals surface area contributed by atoms with Crippen LogP contribution < -0.4 is 4.90 Å². The second-order valence-corrected chi connectivity index (χ2v) is 8.24. The number of amides is 3. The van der Waals surface area contributed by atoms with Crippen LogP contribution in [-0.4, -0.2) is 47.3 Å². The predicted molar refractivity (Wildman–Crippen MR) is 120 cm³/mol. The van der Waals surface area contributed by atoms with Gasteiger partial charge in [0.2, 0.25) is 11.8 Å². The molecule has 0 unspecified atom stereocenters. The number of rotatable bonds is 6. The van der Waals surface area contributed by atoms with Crippen molar-refractivity contribution >= 4 is 35.0 Å². The van der Waals surface area contributed by atoms with Gasteiger partial charge in [0.1, 0.15) is 37.2 Å². The van der Waals surface area contributed by atoms with Gasteiger partial charge in [0.15, 0.2) is 0 Å². The first-order valence-corrected chi connectivity index (χ1v) is 10.7. The van der Waals surface area contributed by atoms with Gasteiger partial charge in [0, 0.05) is 22.3 Å².